The van der Waals surface area contributed by atoms with Gasteiger partial charge in [0, 0.05) is 50.5 Å². The summed E-state index contributed by atoms with van der Waals surface area (Å²) in [5.74, 6) is 0.120. The van der Waals surface area contributed by atoms with Gasteiger partial charge in [0.2, 0.25) is 5.91 Å². The number of rotatable bonds is 4. The van der Waals surface area contributed by atoms with Gasteiger partial charge in [-0.25, -0.2) is 0 Å². The van der Waals surface area contributed by atoms with E-state index in [1.165, 1.54) is 16.8 Å². The van der Waals surface area contributed by atoms with Crippen molar-refractivity contribution in [2.45, 2.75) is 12.8 Å². The standard InChI is InChI=1S/C22H25N3O/c26-22-12-11-20-18(6-4-10-21(20)23-22)7-5-13-24-14-16-25(17-15-24)19-8-2-1-3-9-19/h1-10H,11-17H2,(H,23,26)/b7-5+. The summed E-state index contributed by atoms with van der Waals surface area (Å²) >= 11 is 0. The zero-order valence-corrected chi connectivity index (χ0v) is 15.0. The van der Waals surface area contributed by atoms with Gasteiger partial charge in [-0.15, -0.1) is 0 Å². The first-order valence-corrected chi connectivity index (χ1v) is 9.40. The summed E-state index contributed by atoms with van der Waals surface area (Å²) in [5.41, 5.74) is 4.78. The average Bonchev–Trinajstić information content (AvgIpc) is 2.69. The van der Waals surface area contributed by atoms with E-state index in [9.17, 15) is 4.79 Å². The number of nitrogens with one attached hydrogen (secondary N) is 1. The molecule has 0 spiro atoms. The van der Waals surface area contributed by atoms with Gasteiger partial charge in [0.15, 0.2) is 0 Å². The number of anilines is 2. The lowest BCUT2D eigenvalue weighted by Gasteiger charge is -2.35. The fourth-order valence-electron chi connectivity index (χ4n) is 3.76. The number of carbonyl (C=O) groups excluding carboxylic acids is 1. The fourth-order valence-corrected chi connectivity index (χ4v) is 3.76. The van der Waals surface area contributed by atoms with Gasteiger partial charge in [-0.05, 0) is 35.7 Å². The number of amides is 1. The van der Waals surface area contributed by atoms with Gasteiger partial charge in [-0.3, -0.25) is 9.69 Å². The highest BCUT2D eigenvalue weighted by molar-refractivity contribution is 5.94. The molecule has 0 unspecified atom stereocenters. The van der Waals surface area contributed by atoms with E-state index in [2.05, 4.69) is 63.7 Å². The molecule has 2 heterocycles. The van der Waals surface area contributed by atoms with Gasteiger partial charge in [-0.1, -0.05) is 42.5 Å². The summed E-state index contributed by atoms with van der Waals surface area (Å²) in [4.78, 5) is 16.5. The molecule has 1 amide bonds. The van der Waals surface area contributed by atoms with Crippen LogP contribution in [-0.2, 0) is 11.2 Å². The first-order chi connectivity index (χ1) is 12.8. The topological polar surface area (TPSA) is 35.6 Å². The zero-order chi connectivity index (χ0) is 17.8. The summed E-state index contributed by atoms with van der Waals surface area (Å²) < 4.78 is 0. The minimum atomic E-state index is 0.120. The van der Waals surface area contributed by atoms with E-state index in [4.69, 9.17) is 0 Å². The van der Waals surface area contributed by atoms with Crippen LogP contribution >= 0.6 is 0 Å². The van der Waals surface area contributed by atoms with Crippen LogP contribution in [0.4, 0.5) is 11.4 Å². The molecule has 4 rings (SSSR count). The molecule has 134 valence electrons. The molecule has 1 fully saturated rings. The molecule has 0 aromatic heterocycles. The second-order valence-electron chi connectivity index (χ2n) is 6.95. The van der Waals surface area contributed by atoms with Crippen LogP contribution in [0.25, 0.3) is 6.08 Å². The zero-order valence-electron chi connectivity index (χ0n) is 15.0. The van der Waals surface area contributed by atoms with Crippen molar-refractivity contribution < 1.29 is 4.79 Å². The predicted molar refractivity (Wildman–Crippen MR) is 108 cm³/mol. The maximum atomic E-state index is 11.5. The molecule has 0 atom stereocenters. The van der Waals surface area contributed by atoms with Crippen LogP contribution in [0.5, 0.6) is 0 Å². The van der Waals surface area contributed by atoms with Crippen LogP contribution in [0.1, 0.15) is 17.5 Å². The van der Waals surface area contributed by atoms with Crippen molar-refractivity contribution in [3.05, 3.63) is 65.7 Å². The van der Waals surface area contributed by atoms with Crippen molar-refractivity contribution in [1.29, 1.82) is 0 Å². The molecule has 26 heavy (non-hydrogen) atoms. The Kier molecular flexibility index (Phi) is 5.02. The molecule has 4 nitrogen and oxygen atoms in total. The Balaban J connectivity index is 1.33. The molecular weight excluding hydrogens is 322 g/mol. The van der Waals surface area contributed by atoms with Gasteiger partial charge in [0.05, 0.1) is 0 Å². The highest BCUT2D eigenvalue weighted by Gasteiger charge is 2.17. The molecular formula is C22H25N3O. The molecule has 1 N–H and O–H groups in total. The third-order valence-corrected chi connectivity index (χ3v) is 5.24. The Hall–Kier alpha value is -2.59. The van der Waals surface area contributed by atoms with E-state index in [0.717, 1.165) is 44.8 Å². The summed E-state index contributed by atoms with van der Waals surface area (Å²) in [6.45, 7) is 5.29. The maximum absolute atomic E-state index is 11.5. The van der Waals surface area contributed by atoms with Crippen molar-refractivity contribution in [3.63, 3.8) is 0 Å². The maximum Gasteiger partial charge on any atom is 0.224 e. The first-order valence-electron chi connectivity index (χ1n) is 9.40. The van der Waals surface area contributed by atoms with Crippen LogP contribution in [0.3, 0.4) is 0 Å². The summed E-state index contributed by atoms with van der Waals surface area (Å²) in [7, 11) is 0. The molecule has 0 radical (unpaired) electrons. The highest BCUT2D eigenvalue weighted by Crippen LogP contribution is 2.26. The molecule has 0 saturated carbocycles. The number of fused-ring (bicyclic) bond motifs is 1. The van der Waals surface area contributed by atoms with Crippen LogP contribution in [0, 0.1) is 0 Å². The van der Waals surface area contributed by atoms with Gasteiger partial charge in [0.1, 0.15) is 0 Å². The lowest BCUT2D eigenvalue weighted by atomic mass is 9.97. The van der Waals surface area contributed by atoms with Crippen molar-refractivity contribution in [2.75, 3.05) is 42.9 Å². The van der Waals surface area contributed by atoms with Gasteiger partial charge < -0.3 is 10.2 Å². The van der Waals surface area contributed by atoms with Crippen LogP contribution in [0.2, 0.25) is 0 Å². The largest absolute Gasteiger partial charge is 0.369 e. The third-order valence-electron chi connectivity index (χ3n) is 5.24. The van der Waals surface area contributed by atoms with Crippen molar-refractivity contribution in [2.24, 2.45) is 0 Å². The summed E-state index contributed by atoms with van der Waals surface area (Å²) in [6.07, 6.45) is 5.88. The Morgan fingerprint density at radius 3 is 2.54 bits per heavy atom. The van der Waals surface area contributed by atoms with Crippen molar-refractivity contribution in [3.8, 4) is 0 Å². The summed E-state index contributed by atoms with van der Waals surface area (Å²) in [5, 5.41) is 2.97. The van der Waals surface area contributed by atoms with Gasteiger partial charge >= 0.3 is 0 Å². The number of carbonyl (C=O) groups is 1. The van der Waals surface area contributed by atoms with E-state index in [-0.39, 0.29) is 5.91 Å². The van der Waals surface area contributed by atoms with Crippen molar-refractivity contribution in [1.82, 2.24) is 4.90 Å². The average molecular weight is 347 g/mol. The second-order valence-corrected chi connectivity index (χ2v) is 6.95. The molecule has 2 aliphatic heterocycles. The Morgan fingerprint density at radius 2 is 1.73 bits per heavy atom. The molecule has 2 aromatic rings. The minimum absolute atomic E-state index is 0.120. The molecule has 0 bridgehead atoms. The van der Waals surface area contributed by atoms with Crippen molar-refractivity contribution >= 4 is 23.4 Å². The van der Waals surface area contributed by atoms with E-state index in [1.54, 1.807) is 0 Å². The first kappa shape index (κ1) is 16.9. The molecule has 2 aromatic carbocycles. The van der Waals surface area contributed by atoms with E-state index >= 15 is 0 Å². The Bertz CT molecular complexity index is 792. The second kappa shape index (κ2) is 7.75. The number of hydrogen-bond acceptors (Lipinski definition) is 3. The normalized spacial score (nSPS) is 18.0. The lowest BCUT2D eigenvalue weighted by molar-refractivity contribution is -0.116. The Labute approximate surface area is 155 Å². The van der Waals surface area contributed by atoms with Crippen LogP contribution in [0.15, 0.2) is 54.6 Å². The van der Waals surface area contributed by atoms with Gasteiger partial charge in [0.25, 0.3) is 0 Å². The summed E-state index contributed by atoms with van der Waals surface area (Å²) in [6, 6.07) is 16.8. The number of para-hydroxylation sites is 1. The highest BCUT2D eigenvalue weighted by atomic mass is 16.1. The van der Waals surface area contributed by atoms with Crippen LogP contribution < -0.4 is 10.2 Å². The lowest BCUT2D eigenvalue weighted by Crippen LogP contribution is -2.46. The number of nitrogens with zero attached hydrogens (tertiary/aromatic N) is 2. The third kappa shape index (κ3) is 3.81. The SMILES string of the molecule is O=C1CCc2c(/C=C/CN3CCN(c4ccccc4)CC3)cccc2N1. The number of hydrogen-bond donors (Lipinski definition) is 1. The van der Waals surface area contributed by atoms with Gasteiger partial charge in [-0.2, -0.15) is 0 Å². The van der Waals surface area contributed by atoms with Crippen LogP contribution in [-0.4, -0.2) is 43.5 Å². The molecule has 2 aliphatic rings. The number of piperazine rings is 1. The number of benzene rings is 2. The Morgan fingerprint density at radius 1 is 0.923 bits per heavy atom. The van der Waals surface area contributed by atoms with E-state index in [0.29, 0.717) is 6.42 Å². The van der Waals surface area contributed by atoms with E-state index in [1.807, 2.05) is 12.1 Å². The fraction of sp³-hybridized carbons (Fsp3) is 0.318. The molecule has 4 heteroatoms. The predicted octanol–water partition coefficient (Wildman–Crippen LogP) is 3.41. The minimum Gasteiger partial charge on any atom is -0.369 e. The quantitative estimate of drug-likeness (QED) is 0.921. The smallest absolute Gasteiger partial charge is 0.224 e. The molecule has 1 saturated heterocycles. The molecule has 0 aliphatic carbocycles. The van der Waals surface area contributed by atoms with E-state index < -0.39 is 0 Å². The monoisotopic (exact) mass is 347 g/mol.